The Morgan fingerprint density at radius 3 is 2.65 bits per heavy atom. The van der Waals surface area contributed by atoms with E-state index in [1.165, 1.54) is 0 Å². The molecule has 1 aliphatic rings. The summed E-state index contributed by atoms with van der Waals surface area (Å²) in [5, 5.41) is 8.94. The Labute approximate surface area is 139 Å². The summed E-state index contributed by atoms with van der Waals surface area (Å²) in [6.45, 7) is 1.84. The third-order valence-corrected chi connectivity index (χ3v) is 4.70. The van der Waals surface area contributed by atoms with Gasteiger partial charge in [-0.25, -0.2) is 9.78 Å². The van der Waals surface area contributed by atoms with Gasteiger partial charge in [0.2, 0.25) is 0 Å². The summed E-state index contributed by atoms with van der Waals surface area (Å²) in [6, 6.07) is 7.32. The first-order chi connectivity index (χ1) is 11.2. The van der Waals surface area contributed by atoms with Crippen LogP contribution < -0.4 is 20.3 Å². The highest BCUT2D eigenvalue weighted by Crippen LogP contribution is 2.22. The Morgan fingerprint density at radius 1 is 1.30 bits per heavy atom. The first-order valence-corrected chi connectivity index (χ1v) is 8.48. The Balaban J connectivity index is 1.45. The molecule has 0 unspecified atom stereocenters. The summed E-state index contributed by atoms with van der Waals surface area (Å²) < 4.78 is 5.10. The molecule has 2 heterocycles. The maximum Gasteiger partial charge on any atom is 0.319 e. The first-order valence-electron chi connectivity index (χ1n) is 7.60. The Kier molecular flexibility index (Phi) is 4.97. The number of piperidine rings is 1. The molecule has 7 heteroatoms. The van der Waals surface area contributed by atoms with Crippen LogP contribution in [0.5, 0.6) is 5.75 Å². The molecule has 0 atom stereocenters. The fourth-order valence-corrected chi connectivity index (χ4v) is 3.31. The number of nitrogens with zero attached hydrogens (tertiary/aromatic N) is 2. The predicted octanol–water partition coefficient (Wildman–Crippen LogP) is 2.94. The number of amides is 2. The summed E-state index contributed by atoms with van der Waals surface area (Å²) in [7, 11) is 1.62. The largest absolute Gasteiger partial charge is 0.497 e. The molecule has 1 aromatic carbocycles. The molecule has 23 heavy (non-hydrogen) atoms. The Morgan fingerprint density at radius 2 is 2.04 bits per heavy atom. The molecule has 0 spiro atoms. The van der Waals surface area contributed by atoms with Gasteiger partial charge in [0.25, 0.3) is 0 Å². The minimum absolute atomic E-state index is 0.164. The van der Waals surface area contributed by atoms with Crippen LogP contribution >= 0.6 is 11.3 Å². The Bertz CT molecular complexity index is 622. The van der Waals surface area contributed by atoms with Crippen molar-refractivity contribution in [3.05, 3.63) is 35.8 Å². The van der Waals surface area contributed by atoms with Gasteiger partial charge in [0.15, 0.2) is 5.13 Å². The SMILES string of the molecule is COc1ccc(NC(=O)NC2CCN(c3nccs3)CC2)cc1. The number of hydrogen-bond acceptors (Lipinski definition) is 5. The minimum atomic E-state index is -0.164. The van der Waals surface area contributed by atoms with Crippen molar-refractivity contribution in [2.24, 2.45) is 0 Å². The number of nitrogens with one attached hydrogen (secondary N) is 2. The second-order valence-electron chi connectivity index (χ2n) is 5.40. The molecule has 2 aromatic rings. The molecule has 0 saturated carbocycles. The summed E-state index contributed by atoms with van der Waals surface area (Å²) in [5.41, 5.74) is 0.753. The number of rotatable bonds is 4. The fraction of sp³-hybridized carbons (Fsp3) is 0.375. The van der Waals surface area contributed by atoms with Crippen LogP contribution in [0.1, 0.15) is 12.8 Å². The van der Waals surface area contributed by atoms with Gasteiger partial charge in [0.05, 0.1) is 7.11 Å². The molecule has 0 bridgehead atoms. The van der Waals surface area contributed by atoms with Gasteiger partial charge >= 0.3 is 6.03 Å². The molecule has 3 rings (SSSR count). The monoisotopic (exact) mass is 332 g/mol. The molecular formula is C16H20N4O2S. The lowest BCUT2D eigenvalue weighted by Crippen LogP contribution is -2.46. The van der Waals surface area contributed by atoms with Crippen molar-refractivity contribution in [3.63, 3.8) is 0 Å². The number of benzene rings is 1. The van der Waals surface area contributed by atoms with Crippen LogP contribution in [0.4, 0.5) is 15.6 Å². The van der Waals surface area contributed by atoms with Crippen molar-refractivity contribution in [1.82, 2.24) is 10.3 Å². The van der Waals surface area contributed by atoms with E-state index in [9.17, 15) is 4.79 Å². The molecule has 1 aromatic heterocycles. The number of methoxy groups -OCH3 is 1. The third-order valence-electron chi connectivity index (χ3n) is 3.87. The van der Waals surface area contributed by atoms with E-state index >= 15 is 0 Å². The van der Waals surface area contributed by atoms with Crippen molar-refractivity contribution in [2.45, 2.75) is 18.9 Å². The van der Waals surface area contributed by atoms with E-state index < -0.39 is 0 Å². The molecule has 0 aliphatic carbocycles. The van der Waals surface area contributed by atoms with Gasteiger partial charge in [-0.3, -0.25) is 0 Å². The van der Waals surface area contributed by atoms with Gasteiger partial charge in [-0.1, -0.05) is 0 Å². The molecule has 1 fully saturated rings. The Hall–Kier alpha value is -2.28. The van der Waals surface area contributed by atoms with Crippen LogP contribution in [0.3, 0.4) is 0 Å². The topological polar surface area (TPSA) is 66.5 Å². The zero-order chi connectivity index (χ0) is 16.1. The van der Waals surface area contributed by atoms with Gasteiger partial charge in [0.1, 0.15) is 5.75 Å². The number of anilines is 2. The van der Waals surface area contributed by atoms with E-state index in [1.54, 1.807) is 18.4 Å². The summed E-state index contributed by atoms with van der Waals surface area (Å²) >= 11 is 1.65. The second kappa shape index (κ2) is 7.32. The highest BCUT2D eigenvalue weighted by atomic mass is 32.1. The van der Waals surface area contributed by atoms with Crippen LogP contribution in [-0.2, 0) is 0 Å². The zero-order valence-corrected chi connectivity index (χ0v) is 13.8. The van der Waals surface area contributed by atoms with E-state index in [1.807, 2.05) is 35.8 Å². The highest BCUT2D eigenvalue weighted by Gasteiger charge is 2.21. The van der Waals surface area contributed by atoms with Crippen molar-refractivity contribution in [2.75, 3.05) is 30.4 Å². The lowest BCUT2D eigenvalue weighted by molar-refractivity contribution is 0.246. The number of urea groups is 1. The van der Waals surface area contributed by atoms with E-state index in [4.69, 9.17) is 4.74 Å². The normalized spacial score (nSPS) is 15.3. The standard InChI is InChI=1S/C16H20N4O2S/c1-22-14-4-2-12(3-5-14)18-15(21)19-13-6-9-20(10-7-13)16-17-8-11-23-16/h2-5,8,11,13H,6-7,9-10H2,1H3,(H2,18,19,21). The predicted molar refractivity (Wildman–Crippen MR) is 92.5 cm³/mol. The van der Waals surface area contributed by atoms with Gasteiger partial charge in [-0.2, -0.15) is 0 Å². The summed E-state index contributed by atoms with van der Waals surface area (Å²) in [6.07, 6.45) is 3.68. The molecule has 2 amide bonds. The molecule has 0 radical (unpaired) electrons. The fourth-order valence-electron chi connectivity index (χ4n) is 2.61. The second-order valence-corrected chi connectivity index (χ2v) is 6.28. The lowest BCUT2D eigenvalue weighted by atomic mass is 10.1. The van der Waals surface area contributed by atoms with E-state index in [0.717, 1.165) is 42.5 Å². The average Bonchev–Trinajstić information content (AvgIpc) is 3.11. The van der Waals surface area contributed by atoms with Gasteiger partial charge < -0.3 is 20.3 Å². The highest BCUT2D eigenvalue weighted by molar-refractivity contribution is 7.13. The number of aromatic nitrogens is 1. The number of thiazole rings is 1. The van der Waals surface area contributed by atoms with E-state index in [-0.39, 0.29) is 12.1 Å². The number of carbonyl (C=O) groups is 1. The number of ether oxygens (including phenoxy) is 1. The molecule has 1 saturated heterocycles. The van der Waals surface area contributed by atoms with Crippen molar-refractivity contribution >= 4 is 28.2 Å². The first kappa shape index (κ1) is 15.6. The van der Waals surface area contributed by atoms with Gasteiger partial charge in [0, 0.05) is 36.4 Å². The van der Waals surface area contributed by atoms with E-state index in [0.29, 0.717) is 0 Å². The summed E-state index contributed by atoms with van der Waals surface area (Å²) in [5.74, 6) is 0.769. The zero-order valence-electron chi connectivity index (χ0n) is 13.0. The molecular weight excluding hydrogens is 312 g/mol. The minimum Gasteiger partial charge on any atom is -0.497 e. The maximum atomic E-state index is 12.1. The summed E-state index contributed by atoms with van der Waals surface area (Å²) in [4.78, 5) is 18.7. The quantitative estimate of drug-likeness (QED) is 0.903. The van der Waals surface area contributed by atoms with Crippen LogP contribution in [0.25, 0.3) is 0 Å². The van der Waals surface area contributed by atoms with Crippen LogP contribution in [0.2, 0.25) is 0 Å². The smallest absolute Gasteiger partial charge is 0.319 e. The average molecular weight is 332 g/mol. The molecule has 2 N–H and O–H groups in total. The van der Waals surface area contributed by atoms with Crippen molar-refractivity contribution in [3.8, 4) is 5.75 Å². The van der Waals surface area contributed by atoms with Gasteiger partial charge in [-0.15, -0.1) is 11.3 Å². The third kappa shape index (κ3) is 4.13. The van der Waals surface area contributed by atoms with Crippen LogP contribution in [0.15, 0.2) is 35.8 Å². The van der Waals surface area contributed by atoms with Crippen LogP contribution in [-0.4, -0.2) is 37.3 Å². The molecule has 1 aliphatic heterocycles. The lowest BCUT2D eigenvalue weighted by Gasteiger charge is -2.32. The molecule has 122 valence electrons. The van der Waals surface area contributed by atoms with Crippen molar-refractivity contribution < 1.29 is 9.53 Å². The maximum absolute atomic E-state index is 12.1. The van der Waals surface area contributed by atoms with E-state index in [2.05, 4.69) is 20.5 Å². The van der Waals surface area contributed by atoms with Crippen molar-refractivity contribution in [1.29, 1.82) is 0 Å². The number of hydrogen-bond donors (Lipinski definition) is 2. The molecule has 6 nitrogen and oxygen atoms in total. The van der Waals surface area contributed by atoms with Gasteiger partial charge in [-0.05, 0) is 37.1 Å². The van der Waals surface area contributed by atoms with Crippen LogP contribution in [0, 0.1) is 0 Å². The number of carbonyl (C=O) groups excluding carboxylic acids is 1.